The summed E-state index contributed by atoms with van der Waals surface area (Å²) in [6.07, 6.45) is 1.03. The molecule has 0 aliphatic carbocycles. The van der Waals surface area contributed by atoms with Crippen molar-refractivity contribution in [1.29, 1.82) is 0 Å². The van der Waals surface area contributed by atoms with Gasteiger partial charge in [-0.05, 0) is 47.9 Å². The van der Waals surface area contributed by atoms with Crippen molar-refractivity contribution < 1.29 is 14.5 Å². The molecule has 1 heterocycles. The van der Waals surface area contributed by atoms with Crippen molar-refractivity contribution in [2.24, 2.45) is 0 Å². The van der Waals surface area contributed by atoms with Crippen LogP contribution in [0.4, 0.5) is 17.1 Å². The third-order valence-corrected chi connectivity index (χ3v) is 5.06. The highest BCUT2D eigenvalue weighted by Crippen LogP contribution is 2.31. The van der Waals surface area contributed by atoms with Crippen molar-refractivity contribution in [1.82, 2.24) is 0 Å². The van der Waals surface area contributed by atoms with Gasteiger partial charge in [0.25, 0.3) is 11.6 Å². The molecule has 3 aromatic rings. The molecule has 3 aromatic carbocycles. The van der Waals surface area contributed by atoms with Crippen molar-refractivity contribution in [3.8, 4) is 0 Å². The summed E-state index contributed by atoms with van der Waals surface area (Å²) in [5, 5.41) is 13.6. The lowest BCUT2D eigenvalue weighted by Gasteiger charge is -2.30. The molecule has 1 aliphatic rings. The predicted octanol–water partition coefficient (Wildman–Crippen LogP) is 4.33. The molecule has 2 amide bonds. The Hall–Kier alpha value is -4.00. The molecule has 0 unspecified atom stereocenters. The first-order valence-electron chi connectivity index (χ1n) is 9.54. The fourth-order valence-corrected chi connectivity index (χ4v) is 3.51. The summed E-state index contributed by atoms with van der Waals surface area (Å²) < 4.78 is 0. The minimum atomic E-state index is -0.506. The zero-order valence-electron chi connectivity index (χ0n) is 16.1. The molecule has 7 heteroatoms. The normalized spacial score (nSPS) is 12.9. The van der Waals surface area contributed by atoms with Crippen molar-refractivity contribution in [3.63, 3.8) is 0 Å². The molecule has 0 saturated carbocycles. The van der Waals surface area contributed by atoms with E-state index in [1.165, 1.54) is 24.3 Å². The van der Waals surface area contributed by atoms with E-state index >= 15 is 0 Å². The summed E-state index contributed by atoms with van der Waals surface area (Å²) in [6, 6.07) is 20.7. The van der Waals surface area contributed by atoms with Crippen molar-refractivity contribution in [2.45, 2.75) is 19.4 Å². The minimum Gasteiger partial charge on any atom is -0.322 e. The van der Waals surface area contributed by atoms with Crippen LogP contribution in [0.1, 0.15) is 27.9 Å². The van der Waals surface area contributed by atoms with E-state index in [9.17, 15) is 19.7 Å². The standard InChI is InChI=1S/C23H19N3O4/c27-22-13-8-18-14-19(24-23(28)17-6-10-20(11-7-17)26(29)30)9-12-21(18)25(22)15-16-4-2-1-3-5-16/h1-7,9-12,14H,8,13,15H2,(H,24,28). The lowest BCUT2D eigenvalue weighted by atomic mass is 9.99. The van der Waals surface area contributed by atoms with Crippen LogP contribution in [-0.2, 0) is 17.8 Å². The van der Waals surface area contributed by atoms with Crippen molar-refractivity contribution >= 4 is 28.9 Å². The predicted molar refractivity (Wildman–Crippen MR) is 113 cm³/mol. The highest BCUT2D eigenvalue weighted by molar-refractivity contribution is 6.05. The van der Waals surface area contributed by atoms with Crippen LogP contribution in [0, 0.1) is 10.1 Å². The summed E-state index contributed by atoms with van der Waals surface area (Å²) in [5.41, 5.74) is 3.78. The van der Waals surface area contributed by atoms with Crippen LogP contribution in [0.15, 0.2) is 72.8 Å². The maximum Gasteiger partial charge on any atom is 0.269 e. The van der Waals surface area contributed by atoms with E-state index in [2.05, 4.69) is 5.32 Å². The van der Waals surface area contributed by atoms with Gasteiger partial charge in [-0.25, -0.2) is 0 Å². The van der Waals surface area contributed by atoms with Crippen LogP contribution in [-0.4, -0.2) is 16.7 Å². The zero-order chi connectivity index (χ0) is 21.1. The molecule has 0 radical (unpaired) electrons. The number of hydrogen-bond acceptors (Lipinski definition) is 4. The van der Waals surface area contributed by atoms with Crippen LogP contribution in [0.25, 0.3) is 0 Å². The average Bonchev–Trinajstić information content (AvgIpc) is 2.76. The number of nitro benzene ring substituents is 1. The fourth-order valence-electron chi connectivity index (χ4n) is 3.51. The summed E-state index contributed by atoms with van der Waals surface area (Å²) in [7, 11) is 0. The number of benzene rings is 3. The van der Waals surface area contributed by atoms with E-state index in [4.69, 9.17) is 0 Å². The summed E-state index contributed by atoms with van der Waals surface area (Å²) in [6.45, 7) is 0.501. The summed E-state index contributed by atoms with van der Waals surface area (Å²) >= 11 is 0. The van der Waals surface area contributed by atoms with Gasteiger partial charge in [-0.1, -0.05) is 30.3 Å². The van der Waals surface area contributed by atoms with E-state index in [0.29, 0.717) is 30.6 Å². The second-order valence-corrected chi connectivity index (χ2v) is 7.07. The van der Waals surface area contributed by atoms with Gasteiger partial charge in [0.05, 0.1) is 11.5 Å². The Morgan fingerprint density at radius 1 is 1.00 bits per heavy atom. The molecule has 0 fully saturated rings. The molecule has 150 valence electrons. The number of fused-ring (bicyclic) bond motifs is 1. The Labute approximate surface area is 173 Å². The van der Waals surface area contributed by atoms with Crippen molar-refractivity contribution in [2.75, 3.05) is 10.2 Å². The molecule has 30 heavy (non-hydrogen) atoms. The number of hydrogen-bond donors (Lipinski definition) is 1. The minimum absolute atomic E-state index is 0.0662. The van der Waals surface area contributed by atoms with Crippen LogP contribution < -0.4 is 10.2 Å². The third kappa shape index (κ3) is 4.05. The van der Waals surface area contributed by atoms with Crippen LogP contribution in [0.2, 0.25) is 0 Å². The summed E-state index contributed by atoms with van der Waals surface area (Å²) in [4.78, 5) is 37.0. The highest BCUT2D eigenvalue weighted by atomic mass is 16.6. The van der Waals surface area contributed by atoms with Crippen LogP contribution in [0.5, 0.6) is 0 Å². The van der Waals surface area contributed by atoms with Crippen LogP contribution in [0.3, 0.4) is 0 Å². The fraction of sp³-hybridized carbons (Fsp3) is 0.130. The maximum atomic E-state index is 12.5. The number of anilines is 2. The molecule has 1 N–H and O–H groups in total. The van der Waals surface area contributed by atoms with Gasteiger partial charge in [0.1, 0.15) is 0 Å². The maximum absolute atomic E-state index is 12.5. The Bertz CT molecular complexity index is 1110. The van der Waals surface area contributed by atoms with Gasteiger partial charge in [0.15, 0.2) is 0 Å². The Morgan fingerprint density at radius 2 is 1.73 bits per heavy atom. The number of non-ortho nitro benzene ring substituents is 1. The lowest BCUT2D eigenvalue weighted by molar-refractivity contribution is -0.384. The largest absolute Gasteiger partial charge is 0.322 e. The van der Waals surface area contributed by atoms with Crippen molar-refractivity contribution in [3.05, 3.63) is 99.6 Å². The van der Waals surface area contributed by atoms with Gasteiger partial charge in [0.2, 0.25) is 5.91 Å². The molecule has 0 bridgehead atoms. The lowest BCUT2D eigenvalue weighted by Crippen LogP contribution is -2.34. The molecule has 0 saturated heterocycles. The quantitative estimate of drug-likeness (QED) is 0.509. The number of nitro groups is 1. The molecule has 1 aliphatic heterocycles. The van der Waals surface area contributed by atoms with Gasteiger partial charge in [-0.15, -0.1) is 0 Å². The molecule has 4 rings (SSSR count). The van der Waals surface area contributed by atoms with E-state index in [1.807, 2.05) is 42.5 Å². The van der Waals surface area contributed by atoms with Gasteiger partial charge >= 0.3 is 0 Å². The van der Waals surface area contributed by atoms with Gasteiger partial charge in [-0.3, -0.25) is 19.7 Å². The Kier molecular flexibility index (Phi) is 5.26. The topological polar surface area (TPSA) is 92.6 Å². The number of carbonyl (C=O) groups excluding carboxylic acids is 2. The summed E-state index contributed by atoms with van der Waals surface area (Å²) in [5.74, 6) is -0.271. The number of carbonyl (C=O) groups is 2. The number of rotatable bonds is 5. The second kappa shape index (κ2) is 8.16. The van der Waals surface area contributed by atoms with Gasteiger partial charge in [-0.2, -0.15) is 0 Å². The number of nitrogens with zero attached hydrogens (tertiary/aromatic N) is 2. The highest BCUT2D eigenvalue weighted by Gasteiger charge is 2.24. The van der Waals surface area contributed by atoms with Gasteiger partial charge < -0.3 is 10.2 Å². The average molecular weight is 401 g/mol. The van der Waals surface area contributed by atoms with E-state index in [1.54, 1.807) is 11.0 Å². The second-order valence-electron chi connectivity index (χ2n) is 7.07. The number of aryl methyl sites for hydroxylation is 1. The monoisotopic (exact) mass is 401 g/mol. The number of amides is 2. The van der Waals surface area contributed by atoms with E-state index in [0.717, 1.165) is 16.8 Å². The first-order chi connectivity index (χ1) is 14.5. The Morgan fingerprint density at radius 3 is 2.43 bits per heavy atom. The van der Waals surface area contributed by atoms with E-state index < -0.39 is 4.92 Å². The van der Waals surface area contributed by atoms with Gasteiger partial charge in [0, 0.05) is 35.5 Å². The molecule has 0 atom stereocenters. The molecular formula is C23H19N3O4. The molecule has 0 aromatic heterocycles. The third-order valence-electron chi connectivity index (χ3n) is 5.06. The number of nitrogens with one attached hydrogen (secondary N) is 1. The Balaban J connectivity index is 1.52. The molecular weight excluding hydrogens is 382 g/mol. The SMILES string of the molecule is O=C(Nc1ccc2c(c1)CCC(=O)N2Cc1ccccc1)c1ccc([N+](=O)[O-])cc1. The first-order valence-corrected chi connectivity index (χ1v) is 9.54. The first kappa shape index (κ1) is 19.3. The smallest absolute Gasteiger partial charge is 0.269 e. The zero-order valence-corrected chi connectivity index (χ0v) is 16.1. The van der Waals surface area contributed by atoms with E-state index in [-0.39, 0.29) is 17.5 Å². The molecule has 0 spiro atoms. The molecule has 7 nitrogen and oxygen atoms in total. The van der Waals surface area contributed by atoms with Crippen LogP contribution >= 0.6 is 0 Å².